The smallest absolute Gasteiger partial charge is 0.276 e. The zero-order valence-electron chi connectivity index (χ0n) is 20.0. The van der Waals surface area contributed by atoms with Gasteiger partial charge in [0.05, 0.1) is 27.4 Å². The molecule has 1 atom stereocenters. The Morgan fingerprint density at radius 3 is 2.35 bits per heavy atom. The summed E-state index contributed by atoms with van der Waals surface area (Å²) in [6.07, 6.45) is 1.87. The van der Waals surface area contributed by atoms with Gasteiger partial charge in [-0.25, -0.2) is 0 Å². The summed E-state index contributed by atoms with van der Waals surface area (Å²) >= 11 is 0. The summed E-state index contributed by atoms with van der Waals surface area (Å²) < 4.78 is 27.7. The first-order valence-corrected chi connectivity index (χ1v) is 11.3. The van der Waals surface area contributed by atoms with E-state index in [2.05, 4.69) is 5.16 Å². The summed E-state index contributed by atoms with van der Waals surface area (Å²) in [6, 6.07) is 13.3. The number of ether oxygens (including phenoxy) is 4. The van der Waals surface area contributed by atoms with Crippen molar-refractivity contribution in [1.29, 1.82) is 0 Å². The van der Waals surface area contributed by atoms with Crippen molar-refractivity contribution in [2.24, 2.45) is 0 Å². The standard InChI is InChI=1S/C26H30N2O6/c1-17-7-9-19(10-8-17)22-14-21(27-34-22)26(29)28(16-20-6-5-11-33-20)15-18-12-23(30-2)25(32-4)24(13-18)31-3/h7-10,12-14,20H,5-6,11,15-16H2,1-4H3. The molecule has 1 aliphatic rings. The fourth-order valence-electron chi connectivity index (χ4n) is 4.09. The topological polar surface area (TPSA) is 83.3 Å². The number of hydrogen-bond acceptors (Lipinski definition) is 7. The lowest BCUT2D eigenvalue weighted by Gasteiger charge is -2.25. The second-order valence-electron chi connectivity index (χ2n) is 8.30. The molecule has 34 heavy (non-hydrogen) atoms. The second-order valence-corrected chi connectivity index (χ2v) is 8.30. The summed E-state index contributed by atoms with van der Waals surface area (Å²) in [4.78, 5) is 15.3. The molecule has 2 aromatic carbocycles. The van der Waals surface area contributed by atoms with E-state index >= 15 is 0 Å². The van der Waals surface area contributed by atoms with Crippen LogP contribution in [-0.4, -0.2) is 56.5 Å². The number of carbonyl (C=O) groups excluding carboxylic acids is 1. The summed E-state index contributed by atoms with van der Waals surface area (Å²) in [5.41, 5.74) is 3.10. The third-order valence-electron chi connectivity index (χ3n) is 5.90. The molecule has 1 aromatic heterocycles. The first kappa shape index (κ1) is 23.6. The maximum atomic E-state index is 13.5. The zero-order chi connectivity index (χ0) is 24.1. The highest BCUT2D eigenvalue weighted by molar-refractivity contribution is 5.93. The third kappa shape index (κ3) is 5.17. The molecular formula is C26H30N2O6. The second kappa shape index (κ2) is 10.6. The molecule has 4 rings (SSSR count). The van der Waals surface area contributed by atoms with Crippen LogP contribution < -0.4 is 14.2 Å². The Morgan fingerprint density at radius 2 is 1.76 bits per heavy atom. The highest BCUT2D eigenvalue weighted by Gasteiger charge is 2.27. The third-order valence-corrected chi connectivity index (χ3v) is 5.90. The highest BCUT2D eigenvalue weighted by Crippen LogP contribution is 2.38. The fraction of sp³-hybridized carbons (Fsp3) is 0.385. The normalized spacial score (nSPS) is 15.2. The van der Waals surface area contributed by atoms with Crippen molar-refractivity contribution in [2.75, 3.05) is 34.5 Å². The van der Waals surface area contributed by atoms with E-state index in [1.54, 1.807) is 32.3 Å². The van der Waals surface area contributed by atoms with E-state index in [1.165, 1.54) is 0 Å². The Hall–Kier alpha value is -3.52. The molecule has 180 valence electrons. The van der Waals surface area contributed by atoms with Crippen LogP contribution in [0.5, 0.6) is 17.2 Å². The zero-order valence-corrected chi connectivity index (χ0v) is 20.0. The number of benzene rings is 2. The minimum Gasteiger partial charge on any atom is -0.493 e. The molecule has 8 heteroatoms. The van der Waals surface area contributed by atoms with Crippen LogP contribution in [0.3, 0.4) is 0 Å². The highest BCUT2D eigenvalue weighted by atomic mass is 16.5. The average Bonchev–Trinajstić information content (AvgIpc) is 3.55. The minimum atomic E-state index is -0.230. The number of aryl methyl sites for hydroxylation is 1. The Kier molecular flexibility index (Phi) is 7.37. The number of amides is 1. The van der Waals surface area contributed by atoms with E-state index in [1.807, 2.05) is 43.3 Å². The molecule has 2 heterocycles. The Balaban J connectivity index is 1.61. The van der Waals surface area contributed by atoms with Gasteiger partial charge in [0, 0.05) is 31.3 Å². The lowest BCUT2D eigenvalue weighted by molar-refractivity contribution is 0.0499. The van der Waals surface area contributed by atoms with Gasteiger partial charge < -0.3 is 28.4 Å². The SMILES string of the molecule is COc1cc(CN(CC2CCCO2)C(=O)c2cc(-c3ccc(C)cc3)on2)cc(OC)c1OC. The summed E-state index contributed by atoms with van der Waals surface area (Å²) in [6.45, 7) is 3.49. The molecule has 1 amide bonds. The molecule has 3 aromatic rings. The Labute approximate surface area is 199 Å². The molecule has 1 saturated heterocycles. The van der Waals surface area contributed by atoms with Gasteiger partial charge in [-0.2, -0.15) is 0 Å². The van der Waals surface area contributed by atoms with E-state index in [9.17, 15) is 4.79 Å². The van der Waals surface area contributed by atoms with Crippen LogP contribution in [0.1, 0.15) is 34.5 Å². The van der Waals surface area contributed by atoms with Crippen molar-refractivity contribution < 1.29 is 28.3 Å². The van der Waals surface area contributed by atoms with E-state index in [0.29, 0.717) is 42.7 Å². The lowest BCUT2D eigenvalue weighted by atomic mass is 10.1. The van der Waals surface area contributed by atoms with Crippen LogP contribution in [0.25, 0.3) is 11.3 Å². The summed E-state index contributed by atoms with van der Waals surface area (Å²) in [7, 11) is 4.69. The van der Waals surface area contributed by atoms with E-state index < -0.39 is 0 Å². The molecule has 0 N–H and O–H groups in total. The molecular weight excluding hydrogens is 436 g/mol. The van der Waals surface area contributed by atoms with Gasteiger partial charge in [-0.05, 0) is 37.5 Å². The Bertz CT molecular complexity index is 1090. The van der Waals surface area contributed by atoms with Crippen LogP contribution in [0.4, 0.5) is 0 Å². The number of carbonyl (C=O) groups is 1. The van der Waals surface area contributed by atoms with Crippen LogP contribution in [0, 0.1) is 6.92 Å². The number of aromatic nitrogens is 1. The first-order chi connectivity index (χ1) is 16.5. The van der Waals surface area contributed by atoms with E-state index in [-0.39, 0.29) is 17.7 Å². The molecule has 1 fully saturated rings. The molecule has 1 unspecified atom stereocenters. The van der Waals surface area contributed by atoms with Crippen molar-refractivity contribution in [3.63, 3.8) is 0 Å². The van der Waals surface area contributed by atoms with Crippen LogP contribution in [0.15, 0.2) is 47.0 Å². The predicted molar refractivity (Wildman–Crippen MR) is 126 cm³/mol. The van der Waals surface area contributed by atoms with Gasteiger partial charge in [-0.15, -0.1) is 0 Å². The van der Waals surface area contributed by atoms with Crippen molar-refractivity contribution in [3.05, 3.63) is 59.3 Å². The van der Waals surface area contributed by atoms with Crippen molar-refractivity contribution in [3.8, 4) is 28.6 Å². The fourth-order valence-corrected chi connectivity index (χ4v) is 4.09. The Morgan fingerprint density at radius 1 is 1.06 bits per heavy atom. The maximum absolute atomic E-state index is 13.5. The van der Waals surface area contributed by atoms with Crippen LogP contribution in [-0.2, 0) is 11.3 Å². The van der Waals surface area contributed by atoms with Gasteiger partial charge in [0.1, 0.15) is 0 Å². The molecule has 0 spiro atoms. The molecule has 0 saturated carbocycles. The van der Waals surface area contributed by atoms with Crippen LogP contribution >= 0.6 is 0 Å². The van der Waals surface area contributed by atoms with Gasteiger partial charge >= 0.3 is 0 Å². The van der Waals surface area contributed by atoms with Crippen molar-refractivity contribution in [2.45, 2.75) is 32.4 Å². The van der Waals surface area contributed by atoms with Gasteiger partial charge in [0.15, 0.2) is 23.0 Å². The minimum absolute atomic E-state index is 0.0190. The van der Waals surface area contributed by atoms with Gasteiger partial charge in [0.2, 0.25) is 5.75 Å². The number of methoxy groups -OCH3 is 3. The van der Waals surface area contributed by atoms with E-state index in [4.69, 9.17) is 23.5 Å². The van der Waals surface area contributed by atoms with E-state index in [0.717, 1.165) is 29.5 Å². The predicted octanol–water partition coefficient (Wildman–Crippen LogP) is 4.50. The quantitative estimate of drug-likeness (QED) is 0.459. The molecule has 1 aliphatic heterocycles. The molecule has 8 nitrogen and oxygen atoms in total. The van der Waals surface area contributed by atoms with Crippen molar-refractivity contribution >= 4 is 5.91 Å². The van der Waals surface area contributed by atoms with Gasteiger partial charge in [0.25, 0.3) is 5.91 Å². The first-order valence-electron chi connectivity index (χ1n) is 11.3. The number of rotatable bonds is 9. The van der Waals surface area contributed by atoms with Gasteiger partial charge in [-0.3, -0.25) is 4.79 Å². The number of nitrogens with zero attached hydrogens (tertiary/aromatic N) is 2. The van der Waals surface area contributed by atoms with Crippen molar-refractivity contribution in [1.82, 2.24) is 10.1 Å². The lowest BCUT2D eigenvalue weighted by Crippen LogP contribution is -2.37. The largest absolute Gasteiger partial charge is 0.493 e. The summed E-state index contributed by atoms with van der Waals surface area (Å²) in [5.74, 6) is 1.89. The summed E-state index contributed by atoms with van der Waals surface area (Å²) in [5, 5.41) is 4.07. The molecule has 0 aliphatic carbocycles. The average molecular weight is 467 g/mol. The molecule has 0 bridgehead atoms. The number of hydrogen-bond donors (Lipinski definition) is 0. The van der Waals surface area contributed by atoms with Gasteiger partial charge in [-0.1, -0.05) is 35.0 Å². The maximum Gasteiger partial charge on any atom is 0.276 e. The molecule has 0 radical (unpaired) electrons. The monoisotopic (exact) mass is 466 g/mol. The van der Waals surface area contributed by atoms with Crippen LogP contribution in [0.2, 0.25) is 0 Å².